The minimum absolute atomic E-state index is 0.101. The Balaban J connectivity index is 1.74. The molecule has 0 saturated carbocycles. The second kappa shape index (κ2) is 9.77. The van der Waals surface area contributed by atoms with E-state index in [0.717, 1.165) is 0 Å². The fourth-order valence-electron chi connectivity index (χ4n) is 2.65. The van der Waals surface area contributed by atoms with Gasteiger partial charge in [0.25, 0.3) is 5.56 Å². The van der Waals surface area contributed by atoms with E-state index in [0.29, 0.717) is 45.7 Å². The van der Waals surface area contributed by atoms with Gasteiger partial charge in [0.15, 0.2) is 16.7 Å². The maximum Gasteiger partial charge on any atom is 0.272 e. The summed E-state index contributed by atoms with van der Waals surface area (Å²) in [6, 6.07) is 6.94. The first-order valence-corrected chi connectivity index (χ1v) is 10.6. The van der Waals surface area contributed by atoms with Crippen LogP contribution in [0.4, 0.5) is 5.69 Å². The molecule has 0 aliphatic carbocycles. The molecule has 0 aliphatic rings. The van der Waals surface area contributed by atoms with Gasteiger partial charge in [0, 0.05) is 18.9 Å². The number of thiophene rings is 1. The Morgan fingerprint density at radius 1 is 1.21 bits per heavy atom. The third-order valence-corrected chi connectivity index (χ3v) is 5.92. The van der Waals surface area contributed by atoms with Crippen LogP contribution in [-0.2, 0) is 16.1 Å². The van der Waals surface area contributed by atoms with Crippen LogP contribution in [0.5, 0.6) is 11.5 Å². The molecule has 10 heteroatoms. The lowest BCUT2D eigenvalue weighted by atomic mass is 10.2. The number of amides is 1. The zero-order valence-electron chi connectivity index (χ0n) is 16.3. The average Bonchev–Trinajstić information content (AvgIpc) is 3.20. The maximum absolute atomic E-state index is 12.7. The van der Waals surface area contributed by atoms with E-state index in [1.807, 2.05) is 5.38 Å². The molecular weight excluding hydrogens is 414 g/mol. The fourth-order valence-corrected chi connectivity index (χ4v) is 4.26. The standard InChI is InChI=1S/C19H21N3O5S2/c1-25-8-7-22-18(24)17-13(6-9-28-17)21-19(22)29-11-16(23)20-12-4-5-14(26-2)15(10-12)27-3/h4-6,9-10H,7-8,11H2,1-3H3,(H,20,23). The van der Waals surface area contributed by atoms with Crippen molar-refractivity contribution in [2.24, 2.45) is 0 Å². The van der Waals surface area contributed by atoms with Crippen LogP contribution in [0.15, 0.2) is 39.6 Å². The van der Waals surface area contributed by atoms with Crippen LogP contribution in [0, 0.1) is 0 Å². The largest absolute Gasteiger partial charge is 0.493 e. The summed E-state index contributed by atoms with van der Waals surface area (Å²) in [5, 5.41) is 5.13. The van der Waals surface area contributed by atoms with Crippen molar-refractivity contribution in [2.45, 2.75) is 11.7 Å². The summed E-state index contributed by atoms with van der Waals surface area (Å²) in [5.41, 5.74) is 1.10. The van der Waals surface area contributed by atoms with Gasteiger partial charge in [0.1, 0.15) is 4.70 Å². The molecule has 0 aliphatic heterocycles. The van der Waals surface area contributed by atoms with Gasteiger partial charge in [-0.3, -0.25) is 14.2 Å². The summed E-state index contributed by atoms with van der Waals surface area (Å²) in [6.45, 7) is 0.750. The zero-order chi connectivity index (χ0) is 20.8. The Morgan fingerprint density at radius 2 is 2.00 bits per heavy atom. The van der Waals surface area contributed by atoms with Crippen LogP contribution in [0.25, 0.3) is 10.2 Å². The Hall–Kier alpha value is -2.56. The first-order valence-electron chi connectivity index (χ1n) is 8.69. The molecule has 1 aromatic carbocycles. The number of nitrogens with one attached hydrogen (secondary N) is 1. The number of methoxy groups -OCH3 is 3. The molecule has 0 saturated heterocycles. The van der Waals surface area contributed by atoms with Gasteiger partial charge in [0.2, 0.25) is 5.91 Å². The fraction of sp³-hybridized carbons (Fsp3) is 0.316. The highest BCUT2D eigenvalue weighted by atomic mass is 32.2. The summed E-state index contributed by atoms with van der Waals surface area (Å²) < 4.78 is 17.7. The lowest BCUT2D eigenvalue weighted by molar-refractivity contribution is -0.113. The van der Waals surface area contributed by atoms with Crippen LogP contribution in [0.2, 0.25) is 0 Å². The third-order valence-electron chi connectivity index (χ3n) is 4.05. The number of fused-ring (bicyclic) bond motifs is 1. The van der Waals surface area contributed by atoms with E-state index in [4.69, 9.17) is 14.2 Å². The van der Waals surface area contributed by atoms with E-state index in [-0.39, 0.29) is 17.2 Å². The van der Waals surface area contributed by atoms with E-state index in [9.17, 15) is 9.59 Å². The Kier molecular flexibility index (Phi) is 7.13. The Labute approximate surface area is 175 Å². The van der Waals surface area contributed by atoms with E-state index >= 15 is 0 Å². The Bertz CT molecular complexity index is 1060. The van der Waals surface area contributed by atoms with Gasteiger partial charge < -0.3 is 19.5 Å². The van der Waals surface area contributed by atoms with Gasteiger partial charge in [-0.15, -0.1) is 11.3 Å². The third kappa shape index (κ3) is 4.89. The smallest absolute Gasteiger partial charge is 0.272 e. The number of nitrogens with zero attached hydrogens (tertiary/aromatic N) is 2. The van der Waals surface area contributed by atoms with Crippen LogP contribution in [0.1, 0.15) is 0 Å². The molecule has 8 nitrogen and oxygen atoms in total. The molecule has 0 bridgehead atoms. The molecule has 2 heterocycles. The van der Waals surface area contributed by atoms with E-state index in [1.165, 1.54) is 30.2 Å². The number of benzene rings is 1. The van der Waals surface area contributed by atoms with Gasteiger partial charge >= 0.3 is 0 Å². The van der Waals surface area contributed by atoms with Crippen molar-refractivity contribution < 1.29 is 19.0 Å². The van der Waals surface area contributed by atoms with Crippen LogP contribution in [-0.4, -0.2) is 49.1 Å². The predicted octanol–water partition coefficient (Wildman–Crippen LogP) is 2.85. The monoisotopic (exact) mass is 435 g/mol. The van der Waals surface area contributed by atoms with Gasteiger partial charge in [-0.05, 0) is 23.6 Å². The number of carbonyl (C=O) groups excluding carboxylic acids is 1. The molecule has 0 radical (unpaired) electrons. The number of aromatic nitrogens is 2. The highest BCUT2D eigenvalue weighted by Crippen LogP contribution is 2.30. The molecule has 1 amide bonds. The van der Waals surface area contributed by atoms with Crippen molar-refractivity contribution >= 4 is 44.9 Å². The molecule has 0 fully saturated rings. The first-order chi connectivity index (χ1) is 14.1. The van der Waals surface area contributed by atoms with Crippen LogP contribution in [0.3, 0.4) is 0 Å². The molecule has 29 heavy (non-hydrogen) atoms. The molecule has 3 rings (SSSR count). The number of hydrogen-bond donors (Lipinski definition) is 1. The number of ether oxygens (including phenoxy) is 3. The molecular formula is C19H21N3O5S2. The number of thioether (sulfide) groups is 1. The normalized spacial score (nSPS) is 10.9. The van der Waals surface area contributed by atoms with Crippen LogP contribution < -0.4 is 20.3 Å². The van der Waals surface area contributed by atoms with Gasteiger partial charge in [-0.25, -0.2) is 4.98 Å². The molecule has 3 aromatic rings. The highest BCUT2D eigenvalue weighted by Gasteiger charge is 2.15. The average molecular weight is 436 g/mol. The van der Waals surface area contributed by atoms with E-state index < -0.39 is 0 Å². The minimum Gasteiger partial charge on any atom is -0.493 e. The van der Waals surface area contributed by atoms with E-state index in [1.54, 1.807) is 43.1 Å². The topological polar surface area (TPSA) is 91.7 Å². The van der Waals surface area contributed by atoms with Crippen molar-refractivity contribution in [1.82, 2.24) is 9.55 Å². The minimum atomic E-state index is -0.222. The summed E-state index contributed by atoms with van der Waals surface area (Å²) in [7, 11) is 4.66. The molecule has 0 spiro atoms. The number of rotatable bonds is 9. The summed E-state index contributed by atoms with van der Waals surface area (Å²) in [6.07, 6.45) is 0. The first kappa shape index (κ1) is 21.2. The van der Waals surface area contributed by atoms with Gasteiger partial charge in [-0.1, -0.05) is 11.8 Å². The highest BCUT2D eigenvalue weighted by molar-refractivity contribution is 7.99. The van der Waals surface area contributed by atoms with Crippen molar-refractivity contribution in [3.8, 4) is 11.5 Å². The SMILES string of the molecule is COCCn1c(SCC(=O)Nc2ccc(OC)c(OC)c2)nc2ccsc2c1=O. The molecule has 1 N–H and O–H groups in total. The second-order valence-corrected chi connectivity index (χ2v) is 7.74. The van der Waals surface area contributed by atoms with E-state index in [2.05, 4.69) is 10.3 Å². The maximum atomic E-state index is 12.7. The van der Waals surface area contributed by atoms with Gasteiger partial charge in [-0.2, -0.15) is 0 Å². The van der Waals surface area contributed by atoms with Crippen molar-refractivity contribution in [3.63, 3.8) is 0 Å². The van der Waals surface area contributed by atoms with Crippen molar-refractivity contribution in [1.29, 1.82) is 0 Å². The van der Waals surface area contributed by atoms with Crippen molar-refractivity contribution in [2.75, 3.05) is 39.0 Å². The summed E-state index contributed by atoms with van der Waals surface area (Å²) in [5.74, 6) is 0.982. The molecule has 0 unspecified atom stereocenters. The number of hydrogen-bond acceptors (Lipinski definition) is 8. The van der Waals surface area contributed by atoms with Crippen molar-refractivity contribution in [3.05, 3.63) is 40.0 Å². The lowest BCUT2D eigenvalue weighted by Crippen LogP contribution is -2.25. The number of carbonyl (C=O) groups is 1. The zero-order valence-corrected chi connectivity index (χ0v) is 17.9. The summed E-state index contributed by atoms with van der Waals surface area (Å²) in [4.78, 5) is 29.7. The predicted molar refractivity (Wildman–Crippen MR) is 115 cm³/mol. The van der Waals surface area contributed by atoms with Gasteiger partial charge in [0.05, 0.1) is 38.6 Å². The number of anilines is 1. The summed E-state index contributed by atoms with van der Waals surface area (Å²) >= 11 is 2.56. The quantitative estimate of drug-likeness (QED) is 0.408. The second-order valence-electron chi connectivity index (χ2n) is 5.89. The van der Waals surface area contributed by atoms with Crippen LogP contribution >= 0.6 is 23.1 Å². The lowest BCUT2D eigenvalue weighted by Gasteiger charge is -2.12. The molecule has 0 atom stereocenters. The molecule has 2 aromatic heterocycles. The molecule has 154 valence electrons. The Morgan fingerprint density at radius 3 is 2.72 bits per heavy atom.